The molecular weight excluding hydrogens is 450 g/mol. The van der Waals surface area contributed by atoms with E-state index in [-0.39, 0.29) is 6.61 Å². The van der Waals surface area contributed by atoms with Gasteiger partial charge in [-0.05, 0) is 51.9 Å². The number of aliphatic hydroxyl groups excluding tert-OH is 4. The maximum Gasteiger partial charge on any atom is 0.0594 e. The number of ether oxygens (including phenoxy) is 1. The monoisotopic (exact) mass is 505 g/mol. The average Bonchev–Trinajstić information content (AvgIpc) is 3.42. The van der Waals surface area contributed by atoms with Crippen LogP contribution < -0.4 is 5.32 Å². The molecule has 0 amide bonds. The quantitative estimate of drug-likeness (QED) is 0.274. The van der Waals surface area contributed by atoms with E-state index in [1.165, 1.54) is 58.3 Å². The van der Waals surface area contributed by atoms with E-state index in [0.29, 0.717) is 19.8 Å². The highest BCUT2D eigenvalue weighted by Crippen LogP contribution is 2.07. The molecule has 4 aliphatic rings. The smallest absolute Gasteiger partial charge is 0.0594 e. The second kappa shape index (κ2) is 24.0. The number of piperidine rings is 1. The first-order valence-corrected chi connectivity index (χ1v) is 13.8. The van der Waals surface area contributed by atoms with Crippen LogP contribution in [0, 0.1) is 0 Å². The summed E-state index contributed by atoms with van der Waals surface area (Å²) in [6.45, 7) is 17.2. The third kappa shape index (κ3) is 18.5. The second-order valence-electron chi connectivity index (χ2n) is 9.39. The molecule has 0 saturated carbocycles. The van der Waals surface area contributed by atoms with E-state index in [2.05, 4.69) is 24.9 Å². The first-order chi connectivity index (χ1) is 17.2. The van der Waals surface area contributed by atoms with Gasteiger partial charge in [-0.3, -0.25) is 9.80 Å². The largest absolute Gasteiger partial charge is 0.395 e. The lowest BCUT2D eigenvalue weighted by Crippen LogP contribution is -2.44. The third-order valence-corrected chi connectivity index (χ3v) is 6.63. The molecule has 0 atom stereocenters. The number of hydrogen-bond donors (Lipinski definition) is 5. The molecule has 5 N–H and O–H groups in total. The van der Waals surface area contributed by atoms with Gasteiger partial charge in [0.2, 0.25) is 0 Å². The predicted molar refractivity (Wildman–Crippen MR) is 141 cm³/mol. The van der Waals surface area contributed by atoms with Gasteiger partial charge in [-0.1, -0.05) is 6.42 Å². The summed E-state index contributed by atoms with van der Waals surface area (Å²) in [4.78, 5) is 9.07. The van der Waals surface area contributed by atoms with E-state index in [1.807, 2.05) is 0 Å². The lowest BCUT2D eigenvalue weighted by Gasteiger charge is -2.25. The van der Waals surface area contributed by atoms with E-state index in [0.717, 1.165) is 78.7 Å². The van der Waals surface area contributed by atoms with Gasteiger partial charge in [0.15, 0.2) is 0 Å². The van der Waals surface area contributed by atoms with Gasteiger partial charge in [0.05, 0.1) is 39.6 Å². The Balaban J connectivity index is 0.000000234. The summed E-state index contributed by atoms with van der Waals surface area (Å²) in [5.41, 5.74) is 0. The van der Waals surface area contributed by atoms with Crippen molar-refractivity contribution in [2.24, 2.45) is 0 Å². The van der Waals surface area contributed by atoms with E-state index in [1.54, 1.807) is 0 Å². The number of rotatable bonds is 8. The lowest BCUT2D eigenvalue weighted by molar-refractivity contribution is 0.0306. The van der Waals surface area contributed by atoms with Crippen molar-refractivity contribution in [3.8, 4) is 0 Å². The number of β-amino-alcohol motifs (C(OH)–C–C–N with tert-alkyl or cyclic N) is 4. The minimum Gasteiger partial charge on any atom is -0.395 e. The Hall–Kier alpha value is -0.400. The van der Waals surface area contributed by atoms with Crippen LogP contribution in [-0.4, -0.2) is 171 Å². The maximum atomic E-state index is 8.58. The molecule has 4 aliphatic heterocycles. The van der Waals surface area contributed by atoms with Crippen LogP contribution in [0.1, 0.15) is 32.1 Å². The van der Waals surface area contributed by atoms with Crippen molar-refractivity contribution in [3.05, 3.63) is 0 Å². The molecule has 10 nitrogen and oxygen atoms in total. The fourth-order valence-corrected chi connectivity index (χ4v) is 4.51. The Kier molecular flexibility index (Phi) is 22.3. The molecule has 0 aromatic heterocycles. The van der Waals surface area contributed by atoms with Crippen LogP contribution in [0.5, 0.6) is 0 Å². The van der Waals surface area contributed by atoms with E-state index in [9.17, 15) is 0 Å². The highest BCUT2D eigenvalue weighted by molar-refractivity contribution is 4.66. The van der Waals surface area contributed by atoms with Crippen LogP contribution in [0.4, 0.5) is 0 Å². The molecule has 0 radical (unpaired) electrons. The topological polar surface area (TPSA) is 115 Å². The number of morpholine rings is 1. The van der Waals surface area contributed by atoms with Crippen LogP contribution in [0.2, 0.25) is 0 Å². The number of aliphatic hydroxyl groups is 4. The van der Waals surface area contributed by atoms with Gasteiger partial charge in [-0.25, -0.2) is 0 Å². The molecular formula is C25H55N5O5. The number of likely N-dealkylation sites (tertiary alicyclic amines) is 2. The number of nitrogens with one attached hydrogen (secondary N) is 1. The zero-order valence-electron chi connectivity index (χ0n) is 22.2. The Morgan fingerprint density at radius 1 is 0.457 bits per heavy atom. The van der Waals surface area contributed by atoms with Crippen molar-refractivity contribution in [3.63, 3.8) is 0 Å². The van der Waals surface area contributed by atoms with Crippen LogP contribution in [0.15, 0.2) is 0 Å². The summed E-state index contributed by atoms with van der Waals surface area (Å²) >= 11 is 0. The maximum absolute atomic E-state index is 8.58. The van der Waals surface area contributed by atoms with Gasteiger partial charge >= 0.3 is 0 Å². The highest BCUT2D eigenvalue weighted by atomic mass is 16.5. The predicted octanol–water partition coefficient (Wildman–Crippen LogP) is -1.27. The summed E-state index contributed by atoms with van der Waals surface area (Å²) in [7, 11) is 0. The van der Waals surface area contributed by atoms with Crippen molar-refractivity contribution in [2.45, 2.75) is 32.1 Å². The van der Waals surface area contributed by atoms with Gasteiger partial charge in [0.25, 0.3) is 0 Å². The Morgan fingerprint density at radius 3 is 1.20 bits per heavy atom. The highest BCUT2D eigenvalue weighted by Gasteiger charge is 2.10. The minimum atomic E-state index is 0.264. The van der Waals surface area contributed by atoms with Gasteiger partial charge < -0.3 is 40.3 Å². The zero-order valence-corrected chi connectivity index (χ0v) is 22.2. The summed E-state index contributed by atoms with van der Waals surface area (Å²) in [6.07, 6.45) is 6.65. The van der Waals surface area contributed by atoms with Crippen molar-refractivity contribution in [1.82, 2.24) is 24.9 Å². The first kappa shape index (κ1) is 32.6. The Bertz CT molecular complexity index is 373. The standard InChI is InChI=1S/C7H15NO.C6H14N2O.C6H13NO2.C6H13NO/c9-7-6-8-4-2-1-3-5-8;9-6-5-8-3-1-7-2-4-8;8-4-1-7-2-5-9-6-3-7;8-6-5-7-3-1-2-4-7/h9H,1-7H2;7,9H,1-6H2;8H,1-6H2;8H,1-6H2. The SMILES string of the molecule is OCCN1CCCC1.OCCN1CCCCC1.OCCN1CCNCC1.OCCN1CCOCC1. The number of piperazine rings is 1. The van der Waals surface area contributed by atoms with E-state index >= 15 is 0 Å². The van der Waals surface area contributed by atoms with Crippen molar-refractivity contribution in [1.29, 1.82) is 0 Å². The molecule has 35 heavy (non-hydrogen) atoms. The molecule has 210 valence electrons. The molecule has 4 heterocycles. The fraction of sp³-hybridized carbons (Fsp3) is 1.00. The first-order valence-electron chi connectivity index (χ1n) is 13.8. The zero-order chi connectivity index (χ0) is 25.4. The average molecular weight is 506 g/mol. The molecule has 0 spiro atoms. The van der Waals surface area contributed by atoms with Gasteiger partial charge in [0, 0.05) is 65.4 Å². The molecule has 4 saturated heterocycles. The van der Waals surface area contributed by atoms with Gasteiger partial charge in [-0.15, -0.1) is 0 Å². The van der Waals surface area contributed by atoms with E-state index < -0.39 is 0 Å². The fourth-order valence-electron chi connectivity index (χ4n) is 4.51. The van der Waals surface area contributed by atoms with Gasteiger partial charge in [0.1, 0.15) is 0 Å². The Morgan fingerprint density at radius 2 is 0.800 bits per heavy atom. The lowest BCUT2D eigenvalue weighted by atomic mass is 10.1. The van der Waals surface area contributed by atoms with Crippen molar-refractivity contribution >= 4 is 0 Å². The minimum absolute atomic E-state index is 0.264. The molecule has 0 aromatic rings. The number of nitrogens with zero attached hydrogens (tertiary/aromatic N) is 4. The molecule has 10 heteroatoms. The second-order valence-corrected chi connectivity index (χ2v) is 9.39. The molecule has 4 fully saturated rings. The Labute approximate surface area is 213 Å². The van der Waals surface area contributed by atoms with Crippen LogP contribution in [-0.2, 0) is 4.74 Å². The summed E-state index contributed by atoms with van der Waals surface area (Å²) in [5, 5.41) is 37.4. The summed E-state index contributed by atoms with van der Waals surface area (Å²) in [5.74, 6) is 0. The van der Waals surface area contributed by atoms with Gasteiger partial charge in [-0.2, -0.15) is 0 Å². The van der Waals surface area contributed by atoms with Crippen LogP contribution in [0.3, 0.4) is 0 Å². The van der Waals surface area contributed by atoms with E-state index in [4.69, 9.17) is 25.2 Å². The third-order valence-electron chi connectivity index (χ3n) is 6.63. The molecule has 0 aliphatic carbocycles. The molecule has 0 bridgehead atoms. The molecule has 0 unspecified atom stereocenters. The summed E-state index contributed by atoms with van der Waals surface area (Å²) in [6, 6.07) is 0. The molecule has 4 rings (SSSR count). The molecule has 0 aromatic carbocycles. The normalized spacial score (nSPS) is 22.3. The van der Waals surface area contributed by atoms with Crippen LogP contribution >= 0.6 is 0 Å². The summed E-state index contributed by atoms with van der Waals surface area (Å²) < 4.78 is 5.12. The van der Waals surface area contributed by atoms with Crippen LogP contribution in [0.25, 0.3) is 0 Å². The van der Waals surface area contributed by atoms with Crippen molar-refractivity contribution in [2.75, 3.05) is 131 Å². The van der Waals surface area contributed by atoms with Crippen molar-refractivity contribution < 1.29 is 25.2 Å². The number of hydrogen-bond acceptors (Lipinski definition) is 10.